The second kappa shape index (κ2) is 12.3. The van der Waals surface area contributed by atoms with Gasteiger partial charge in [0.25, 0.3) is 5.91 Å². The highest BCUT2D eigenvalue weighted by molar-refractivity contribution is 8.01. The van der Waals surface area contributed by atoms with Crippen LogP contribution < -0.4 is 5.32 Å². The summed E-state index contributed by atoms with van der Waals surface area (Å²) in [5, 5.41) is 21.6. The van der Waals surface area contributed by atoms with Gasteiger partial charge in [-0.3, -0.25) is 4.79 Å². The number of hydrogen-bond donors (Lipinski definition) is 2. The van der Waals surface area contributed by atoms with Crippen molar-refractivity contribution in [2.45, 2.75) is 43.3 Å². The molecule has 0 saturated carbocycles. The lowest BCUT2D eigenvalue weighted by atomic mass is 9.91. The van der Waals surface area contributed by atoms with E-state index in [1.807, 2.05) is 37.3 Å². The Hall–Kier alpha value is -3.94. The van der Waals surface area contributed by atoms with E-state index in [0.29, 0.717) is 17.0 Å². The summed E-state index contributed by atoms with van der Waals surface area (Å²) in [6.07, 6.45) is -1.21. The molecule has 3 aromatic carbocycles. The van der Waals surface area contributed by atoms with Crippen molar-refractivity contribution in [1.29, 1.82) is 0 Å². The van der Waals surface area contributed by atoms with E-state index >= 15 is 0 Å². The number of aromatic nitrogens is 2. The Bertz CT molecular complexity index is 1690. The van der Waals surface area contributed by atoms with Gasteiger partial charge in [-0.05, 0) is 48.4 Å². The minimum atomic E-state index is -0.771. The number of nitrogens with zero attached hydrogens (tertiary/aromatic N) is 2. The minimum absolute atomic E-state index is 0.000916. The summed E-state index contributed by atoms with van der Waals surface area (Å²) < 4.78 is 18.5. The zero-order chi connectivity index (χ0) is 30.1. The molecule has 2 aliphatic rings. The fourth-order valence-electron chi connectivity index (χ4n) is 4.99. The number of carbonyl (C=O) groups is 3. The normalized spacial score (nSPS) is 21.4. The van der Waals surface area contributed by atoms with Gasteiger partial charge in [-0.2, -0.15) is 0 Å². The summed E-state index contributed by atoms with van der Waals surface area (Å²) >= 11 is 3.13. The molecule has 6 rings (SSSR count). The number of carbonyl (C=O) groups excluding carboxylic acids is 3. The van der Waals surface area contributed by atoms with Crippen LogP contribution in [0, 0.1) is 12.8 Å². The number of hydrogen-bond acceptors (Lipinski definition) is 11. The first kappa shape index (κ1) is 29.1. The molecule has 4 unspecified atom stereocenters. The molecule has 220 valence electrons. The van der Waals surface area contributed by atoms with E-state index in [4.69, 9.17) is 9.47 Å². The van der Waals surface area contributed by atoms with Gasteiger partial charge in [-0.1, -0.05) is 66.4 Å². The van der Waals surface area contributed by atoms with Crippen molar-refractivity contribution in [1.82, 2.24) is 10.2 Å². The average Bonchev–Trinajstić information content (AvgIpc) is 3.57. The molecule has 10 nitrogen and oxygen atoms in total. The predicted molar refractivity (Wildman–Crippen MR) is 159 cm³/mol. The standard InChI is InChI=1S/C31H27N3O7S2/c1-16-25(15-42-31-34-33-17(2)43-31)39-30(40-26(16)19-8-6-18(14-35)7-9-19)21-4-3-5-22(12-21)32-27(36)20-10-11-23-24(13-20)29(38)41-28(23)37/h3-13,16,25-26,30,35H,14-15H2,1-2H3,(H,32,36). The van der Waals surface area contributed by atoms with Crippen LogP contribution in [-0.2, 0) is 20.8 Å². The molecule has 12 heteroatoms. The number of aliphatic hydroxyl groups excluding tert-OH is 1. The summed E-state index contributed by atoms with van der Waals surface area (Å²) in [5.41, 5.74) is 3.42. The third kappa shape index (κ3) is 6.24. The first-order chi connectivity index (χ1) is 20.8. The molecule has 0 bridgehead atoms. The van der Waals surface area contributed by atoms with Crippen LogP contribution in [0.25, 0.3) is 0 Å². The van der Waals surface area contributed by atoms with Crippen LogP contribution in [0.2, 0.25) is 0 Å². The molecule has 0 aliphatic carbocycles. The lowest BCUT2D eigenvalue weighted by Crippen LogP contribution is -2.38. The number of esters is 2. The van der Waals surface area contributed by atoms with E-state index in [2.05, 4.69) is 27.2 Å². The molecule has 1 saturated heterocycles. The lowest BCUT2D eigenvalue weighted by Gasteiger charge is -2.41. The number of anilines is 1. The molecule has 1 fully saturated rings. The number of aryl methyl sites for hydroxylation is 1. The van der Waals surface area contributed by atoms with E-state index in [0.717, 1.165) is 20.5 Å². The highest BCUT2D eigenvalue weighted by atomic mass is 32.2. The van der Waals surface area contributed by atoms with E-state index in [9.17, 15) is 19.5 Å². The van der Waals surface area contributed by atoms with Crippen molar-refractivity contribution in [2.24, 2.45) is 5.92 Å². The van der Waals surface area contributed by atoms with Crippen LogP contribution in [0.4, 0.5) is 5.69 Å². The Kier molecular flexibility index (Phi) is 8.37. The maximum absolute atomic E-state index is 13.1. The van der Waals surface area contributed by atoms with Gasteiger partial charge < -0.3 is 24.6 Å². The Labute approximate surface area is 255 Å². The minimum Gasteiger partial charge on any atom is -0.392 e. The molecule has 3 heterocycles. The summed E-state index contributed by atoms with van der Waals surface area (Å²) in [6, 6.07) is 19.1. The number of ether oxygens (including phenoxy) is 3. The Morgan fingerprint density at radius 2 is 1.77 bits per heavy atom. The van der Waals surface area contributed by atoms with E-state index in [1.54, 1.807) is 30.0 Å². The third-order valence-electron chi connectivity index (χ3n) is 7.33. The molecule has 43 heavy (non-hydrogen) atoms. The molecule has 1 aromatic heterocycles. The fraction of sp³-hybridized carbons (Fsp3) is 0.258. The lowest BCUT2D eigenvalue weighted by molar-refractivity contribution is -0.268. The zero-order valence-electron chi connectivity index (χ0n) is 23.2. The second-order valence-electron chi connectivity index (χ2n) is 10.2. The maximum atomic E-state index is 13.1. The molecular weight excluding hydrogens is 590 g/mol. The van der Waals surface area contributed by atoms with Gasteiger partial charge in [-0.25, -0.2) is 9.59 Å². The number of benzene rings is 3. The van der Waals surface area contributed by atoms with Gasteiger partial charge in [0.2, 0.25) is 0 Å². The van der Waals surface area contributed by atoms with Crippen molar-refractivity contribution in [3.63, 3.8) is 0 Å². The molecular formula is C31H27N3O7S2. The smallest absolute Gasteiger partial charge is 0.346 e. The van der Waals surface area contributed by atoms with Crippen LogP contribution in [-0.4, -0.2) is 45.0 Å². The van der Waals surface area contributed by atoms with Crippen molar-refractivity contribution in [3.8, 4) is 0 Å². The fourth-order valence-corrected chi connectivity index (χ4v) is 7.00. The Balaban J connectivity index is 1.23. The van der Waals surface area contributed by atoms with Gasteiger partial charge in [0, 0.05) is 28.5 Å². The largest absolute Gasteiger partial charge is 0.392 e. The highest BCUT2D eigenvalue weighted by Crippen LogP contribution is 2.43. The quantitative estimate of drug-likeness (QED) is 0.148. The van der Waals surface area contributed by atoms with Crippen LogP contribution in [0.3, 0.4) is 0 Å². The van der Waals surface area contributed by atoms with Gasteiger partial charge in [0.15, 0.2) is 10.6 Å². The molecule has 2 N–H and O–H groups in total. The summed E-state index contributed by atoms with van der Waals surface area (Å²) in [5.74, 6) is -1.31. The average molecular weight is 618 g/mol. The van der Waals surface area contributed by atoms with Crippen molar-refractivity contribution in [2.75, 3.05) is 11.1 Å². The number of aliphatic hydroxyl groups is 1. The van der Waals surface area contributed by atoms with Gasteiger partial charge in [0.1, 0.15) is 5.01 Å². The monoisotopic (exact) mass is 617 g/mol. The van der Waals surface area contributed by atoms with Crippen molar-refractivity contribution >= 4 is 46.6 Å². The predicted octanol–water partition coefficient (Wildman–Crippen LogP) is 5.49. The Morgan fingerprint density at radius 1 is 0.977 bits per heavy atom. The summed E-state index contributed by atoms with van der Waals surface area (Å²) in [6.45, 7) is 3.97. The summed E-state index contributed by atoms with van der Waals surface area (Å²) in [4.78, 5) is 36.8. The molecule has 1 amide bonds. The van der Waals surface area contributed by atoms with Crippen molar-refractivity contribution in [3.05, 3.63) is 105 Å². The van der Waals surface area contributed by atoms with E-state index in [-0.39, 0.29) is 41.4 Å². The van der Waals surface area contributed by atoms with E-state index in [1.165, 1.54) is 29.5 Å². The molecule has 0 spiro atoms. The number of fused-ring (bicyclic) bond motifs is 1. The van der Waals surface area contributed by atoms with Gasteiger partial charge >= 0.3 is 11.9 Å². The molecule has 4 aromatic rings. The van der Waals surface area contributed by atoms with Crippen LogP contribution in [0.5, 0.6) is 0 Å². The number of amides is 1. The second-order valence-corrected chi connectivity index (χ2v) is 12.7. The number of rotatable bonds is 8. The SMILES string of the molecule is Cc1nnc(SCC2OC(c3cccc(NC(=O)c4ccc5c(c4)C(=O)OC5=O)c3)OC(c3ccc(CO)cc3)C2C)s1. The van der Waals surface area contributed by atoms with Crippen molar-refractivity contribution < 1.29 is 33.7 Å². The van der Waals surface area contributed by atoms with Crippen LogP contribution >= 0.6 is 23.1 Å². The highest BCUT2D eigenvalue weighted by Gasteiger charge is 2.38. The summed E-state index contributed by atoms with van der Waals surface area (Å²) in [7, 11) is 0. The number of nitrogens with one attached hydrogen (secondary N) is 1. The first-order valence-corrected chi connectivity index (χ1v) is 15.3. The third-order valence-corrected chi connectivity index (χ3v) is 9.39. The van der Waals surface area contributed by atoms with Gasteiger partial charge in [-0.15, -0.1) is 10.2 Å². The van der Waals surface area contributed by atoms with E-state index < -0.39 is 24.1 Å². The molecule has 4 atom stereocenters. The zero-order valence-corrected chi connectivity index (χ0v) is 24.8. The Morgan fingerprint density at radius 3 is 2.51 bits per heavy atom. The molecule has 0 radical (unpaired) electrons. The topological polar surface area (TPSA) is 137 Å². The van der Waals surface area contributed by atoms with Crippen LogP contribution in [0.1, 0.15) is 72.1 Å². The number of thioether (sulfide) groups is 1. The number of cyclic esters (lactones) is 2. The van der Waals surface area contributed by atoms with Gasteiger partial charge in [0.05, 0.1) is 29.9 Å². The molecule has 2 aliphatic heterocycles. The van der Waals surface area contributed by atoms with Crippen LogP contribution in [0.15, 0.2) is 71.1 Å². The first-order valence-electron chi connectivity index (χ1n) is 13.5. The maximum Gasteiger partial charge on any atom is 0.346 e.